The van der Waals surface area contributed by atoms with Gasteiger partial charge in [0.15, 0.2) is 5.82 Å². The van der Waals surface area contributed by atoms with Gasteiger partial charge in [-0.1, -0.05) is 11.6 Å². The molecule has 0 saturated carbocycles. The summed E-state index contributed by atoms with van der Waals surface area (Å²) in [4.78, 5) is 10.5. The molecule has 6 heteroatoms. The van der Waals surface area contributed by atoms with Crippen LogP contribution in [0.2, 0.25) is 5.15 Å². The number of rotatable bonds is 7. The van der Waals surface area contributed by atoms with Crippen LogP contribution in [0.3, 0.4) is 0 Å². The zero-order valence-electron chi connectivity index (χ0n) is 12.2. The molecule has 0 amide bonds. The van der Waals surface area contributed by atoms with Gasteiger partial charge < -0.3 is 14.4 Å². The molecule has 1 aromatic heterocycles. The maximum Gasteiger partial charge on any atom is 0.218 e. The van der Waals surface area contributed by atoms with Crippen molar-refractivity contribution in [2.75, 3.05) is 27.3 Å². The van der Waals surface area contributed by atoms with E-state index in [1.165, 1.54) is 0 Å². The molecule has 0 bridgehead atoms. The largest absolute Gasteiger partial charge is 0.476 e. The Balaban J connectivity index is 2.70. The number of nitrogens with zero attached hydrogens (tertiary/aromatic N) is 3. The van der Waals surface area contributed by atoms with Crippen molar-refractivity contribution in [2.24, 2.45) is 0 Å². The molecule has 5 nitrogen and oxygen atoms in total. The lowest BCUT2D eigenvalue weighted by molar-refractivity contribution is 0.108. The minimum absolute atomic E-state index is 0.0858. The second-order valence-corrected chi connectivity index (χ2v) is 5.47. The lowest BCUT2D eigenvalue weighted by Crippen LogP contribution is -2.43. The number of aromatic nitrogens is 2. The normalized spacial score (nSPS) is 11.9. The molecule has 0 aliphatic rings. The van der Waals surface area contributed by atoms with E-state index < -0.39 is 0 Å². The van der Waals surface area contributed by atoms with E-state index >= 15 is 0 Å². The zero-order chi connectivity index (χ0) is 14.5. The molecule has 0 aliphatic carbocycles. The summed E-state index contributed by atoms with van der Waals surface area (Å²) in [5.74, 6) is 1.01. The number of ether oxygens (including phenoxy) is 2. The van der Waals surface area contributed by atoms with Crippen molar-refractivity contribution in [1.82, 2.24) is 14.9 Å². The highest BCUT2D eigenvalue weighted by Crippen LogP contribution is 2.17. The van der Waals surface area contributed by atoms with Crippen LogP contribution in [0.25, 0.3) is 0 Å². The van der Waals surface area contributed by atoms with Gasteiger partial charge in [-0.3, -0.25) is 0 Å². The van der Waals surface area contributed by atoms with Crippen molar-refractivity contribution in [3.63, 3.8) is 0 Å². The summed E-state index contributed by atoms with van der Waals surface area (Å²) in [5, 5.41) is 0.363. The molecule has 1 aromatic rings. The van der Waals surface area contributed by atoms with Crippen LogP contribution >= 0.6 is 11.6 Å². The Morgan fingerprint density at radius 2 is 2.00 bits per heavy atom. The molecular weight excluding hydrogens is 266 g/mol. The first-order valence-electron chi connectivity index (χ1n) is 6.26. The van der Waals surface area contributed by atoms with E-state index in [0.29, 0.717) is 36.7 Å². The number of hydrogen-bond donors (Lipinski definition) is 0. The van der Waals surface area contributed by atoms with Crippen molar-refractivity contribution in [3.05, 3.63) is 17.0 Å². The molecule has 1 rings (SSSR count). The SMILES string of the molecule is CCOCc1nc(Cl)cc(OCC(C)(C)N(C)C)n1. The Labute approximate surface area is 119 Å². The summed E-state index contributed by atoms with van der Waals surface area (Å²) in [6.45, 7) is 7.57. The Hall–Kier alpha value is -0.910. The van der Waals surface area contributed by atoms with Gasteiger partial charge in [0, 0.05) is 18.2 Å². The molecule has 19 heavy (non-hydrogen) atoms. The molecule has 0 radical (unpaired) electrons. The van der Waals surface area contributed by atoms with Gasteiger partial charge in [-0.15, -0.1) is 0 Å². The van der Waals surface area contributed by atoms with E-state index in [9.17, 15) is 0 Å². The molecule has 0 N–H and O–H groups in total. The highest BCUT2D eigenvalue weighted by Gasteiger charge is 2.21. The molecule has 0 fully saturated rings. The van der Waals surface area contributed by atoms with E-state index in [2.05, 4.69) is 28.7 Å². The van der Waals surface area contributed by atoms with E-state index in [0.717, 1.165) is 0 Å². The molecule has 0 aliphatic heterocycles. The molecule has 0 unspecified atom stereocenters. The molecule has 0 spiro atoms. The van der Waals surface area contributed by atoms with Gasteiger partial charge in [0.2, 0.25) is 5.88 Å². The van der Waals surface area contributed by atoms with Crippen molar-refractivity contribution in [2.45, 2.75) is 32.9 Å². The number of likely N-dealkylation sites (N-methyl/N-ethyl adjacent to an activating group) is 1. The van der Waals surface area contributed by atoms with Crippen LogP contribution in [0.15, 0.2) is 6.07 Å². The molecular formula is C13H22ClN3O2. The van der Waals surface area contributed by atoms with E-state index in [-0.39, 0.29) is 5.54 Å². The van der Waals surface area contributed by atoms with Crippen molar-refractivity contribution in [1.29, 1.82) is 0 Å². The van der Waals surface area contributed by atoms with Crippen molar-refractivity contribution >= 4 is 11.6 Å². The summed E-state index contributed by atoms with van der Waals surface area (Å²) in [7, 11) is 4.02. The minimum atomic E-state index is -0.0858. The van der Waals surface area contributed by atoms with Gasteiger partial charge in [-0.25, -0.2) is 4.98 Å². The fourth-order valence-electron chi connectivity index (χ4n) is 1.15. The third kappa shape index (κ3) is 5.30. The first-order chi connectivity index (χ1) is 8.85. The van der Waals surface area contributed by atoms with Crippen LogP contribution in [-0.2, 0) is 11.3 Å². The highest BCUT2D eigenvalue weighted by molar-refractivity contribution is 6.29. The van der Waals surface area contributed by atoms with Gasteiger partial charge in [0.1, 0.15) is 18.4 Å². The van der Waals surface area contributed by atoms with Crippen molar-refractivity contribution < 1.29 is 9.47 Å². The molecule has 0 saturated heterocycles. The topological polar surface area (TPSA) is 47.5 Å². The Bertz CT molecular complexity index is 411. The predicted molar refractivity (Wildman–Crippen MR) is 75.6 cm³/mol. The van der Waals surface area contributed by atoms with Crippen LogP contribution in [0.1, 0.15) is 26.6 Å². The van der Waals surface area contributed by atoms with Gasteiger partial charge in [-0.2, -0.15) is 4.98 Å². The van der Waals surface area contributed by atoms with E-state index in [4.69, 9.17) is 21.1 Å². The highest BCUT2D eigenvalue weighted by atomic mass is 35.5. The second-order valence-electron chi connectivity index (χ2n) is 5.08. The quantitative estimate of drug-likeness (QED) is 0.721. The minimum Gasteiger partial charge on any atom is -0.476 e. The fraction of sp³-hybridized carbons (Fsp3) is 0.692. The lowest BCUT2D eigenvalue weighted by Gasteiger charge is -2.31. The Kier molecular flexibility index (Phi) is 5.97. The third-order valence-corrected chi connectivity index (χ3v) is 3.13. The molecule has 0 aromatic carbocycles. The second kappa shape index (κ2) is 7.03. The first kappa shape index (κ1) is 16.1. The lowest BCUT2D eigenvalue weighted by atomic mass is 10.1. The Morgan fingerprint density at radius 3 is 2.58 bits per heavy atom. The van der Waals surface area contributed by atoms with E-state index in [1.807, 2.05) is 21.0 Å². The van der Waals surface area contributed by atoms with Gasteiger partial charge in [-0.05, 0) is 34.9 Å². The van der Waals surface area contributed by atoms with Crippen LogP contribution in [0.4, 0.5) is 0 Å². The first-order valence-corrected chi connectivity index (χ1v) is 6.64. The molecule has 108 valence electrons. The van der Waals surface area contributed by atoms with Gasteiger partial charge in [0.25, 0.3) is 0 Å². The van der Waals surface area contributed by atoms with Crippen molar-refractivity contribution in [3.8, 4) is 5.88 Å². The summed E-state index contributed by atoms with van der Waals surface area (Å²) in [5.41, 5.74) is -0.0858. The van der Waals surface area contributed by atoms with Gasteiger partial charge >= 0.3 is 0 Å². The van der Waals surface area contributed by atoms with Crippen LogP contribution in [-0.4, -0.2) is 47.7 Å². The molecule has 1 heterocycles. The van der Waals surface area contributed by atoms with Crippen LogP contribution < -0.4 is 4.74 Å². The summed E-state index contributed by atoms with van der Waals surface area (Å²) >= 11 is 5.94. The smallest absolute Gasteiger partial charge is 0.218 e. The van der Waals surface area contributed by atoms with Crippen LogP contribution in [0.5, 0.6) is 5.88 Å². The zero-order valence-corrected chi connectivity index (χ0v) is 13.0. The average Bonchev–Trinajstić information content (AvgIpc) is 2.33. The fourth-order valence-corrected chi connectivity index (χ4v) is 1.34. The third-order valence-electron chi connectivity index (χ3n) is 2.94. The summed E-state index contributed by atoms with van der Waals surface area (Å²) in [6, 6.07) is 1.61. The number of halogens is 1. The Morgan fingerprint density at radius 1 is 1.32 bits per heavy atom. The number of hydrogen-bond acceptors (Lipinski definition) is 5. The standard InChI is InChI=1S/C13H22ClN3O2/c1-6-18-8-11-15-10(14)7-12(16-11)19-9-13(2,3)17(4)5/h7H,6,8-9H2,1-5H3. The van der Waals surface area contributed by atoms with Crippen LogP contribution in [0, 0.1) is 0 Å². The summed E-state index contributed by atoms with van der Waals surface area (Å²) < 4.78 is 11.0. The average molecular weight is 288 g/mol. The maximum absolute atomic E-state index is 5.94. The van der Waals surface area contributed by atoms with Gasteiger partial charge in [0.05, 0.1) is 0 Å². The monoisotopic (exact) mass is 287 g/mol. The summed E-state index contributed by atoms with van der Waals surface area (Å²) in [6.07, 6.45) is 0. The van der Waals surface area contributed by atoms with E-state index in [1.54, 1.807) is 6.07 Å². The predicted octanol–water partition coefficient (Wildman–Crippen LogP) is 2.39. The molecule has 0 atom stereocenters. The maximum atomic E-state index is 5.94.